The summed E-state index contributed by atoms with van der Waals surface area (Å²) in [6, 6.07) is -0.666. The summed E-state index contributed by atoms with van der Waals surface area (Å²) < 4.78 is 0. The molecule has 0 saturated carbocycles. The predicted octanol–water partition coefficient (Wildman–Crippen LogP) is 15.2. The molecule has 0 aromatic carbocycles. The van der Waals surface area contributed by atoms with Gasteiger partial charge < -0.3 is 15.5 Å². The van der Waals surface area contributed by atoms with Crippen molar-refractivity contribution in [1.29, 1.82) is 0 Å². The summed E-state index contributed by atoms with van der Waals surface area (Å²) in [5.41, 5.74) is 0. The number of hydrogen-bond acceptors (Lipinski definition) is 3. The molecule has 2 atom stereocenters. The second-order valence-electron chi connectivity index (χ2n) is 14.7. The molecule has 0 aromatic rings. The van der Waals surface area contributed by atoms with Gasteiger partial charge in [-0.2, -0.15) is 0 Å². The van der Waals surface area contributed by atoms with E-state index in [1.807, 2.05) is 13.0 Å². The van der Waals surface area contributed by atoms with Crippen molar-refractivity contribution in [1.82, 2.24) is 5.32 Å². The lowest BCUT2D eigenvalue weighted by Gasteiger charge is -2.19. The maximum Gasteiger partial charge on any atom is 0.220 e. The third-order valence-corrected chi connectivity index (χ3v) is 9.26. The van der Waals surface area contributed by atoms with Gasteiger partial charge in [0.1, 0.15) is 0 Å². The van der Waals surface area contributed by atoms with Gasteiger partial charge in [0.15, 0.2) is 0 Å². The largest absolute Gasteiger partial charge is 0.394 e. The molecular weight excluding hydrogens is 735 g/mol. The highest BCUT2D eigenvalue weighted by molar-refractivity contribution is 5.76. The van der Waals surface area contributed by atoms with Gasteiger partial charge in [-0.3, -0.25) is 4.79 Å². The number of rotatable bonds is 39. The number of aliphatic hydroxyl groups excluding tert-OH is 2. The van der Waals surface area contributed by atoms with Gasteiger partial charge >= 0.3 is 0 Å². The minimum Gasteiger partial charge on any atom is -0.394 e. The highest BCUT2D eigenvalue weighted by Crippen LogP contribution is 2.09. The second-order valence-corrected chi connectivity index (χ2v) is 14.7. The minimum atomic E-state index is -0.888. The molecule has 0 fully saturated rings. The number of amides is 1. The van der Waals surface area contributed by atoms with E-state index in [0.29, 0.717) is 6.42 Å². The summed E-state index contributed by atoms with van der Waals surface area (Å²) in [4.78, 5) is 12.3. The van der Waals surface area contributed by atoms with Gasteiger partial charge in [-0.1, -0.05) is 196 Å². The molecular formula is C56H85NO3. The summed E-state index contributed by atoms with van der Waals surface area (Å²) in [5.74, 6) is -0.110. The van der Waals surface area contributed by atoms with Gasteiger partial charge in [-0.15, -0.1) is 0 Å². The zero-order chi connectivity index (χ0) is 43.5. The Labute approximate surface area is 368 Å². The van der Waals surface area contributed by atoms with Crippen molar-refractivity contribution < 1.29 is 15.0 Å². The van der Waals surface area contributed by atoms with Crippen LogP contribution in [0, 0.1) is 0 Å². The van der Waals surface area contributed by atoms with Crippen molar-refractivity contribution in [3.05, 3.63) is 170 Å². The summed E-state index contributed by atoms with van der Waals surface area (Å²) in [6.45, 7) is 3.91. The average molecular weight is 820 g/mol. The Hall–Kier alpha value is -4.25. The van der Waals surface area contributed by atoms with Gasteiger partial charge in [0.2, 0.25) is 5.91 Å². The number of carbonyl (C=O) groups excluding carboxylic acids is 1. The van der Waals surface area contributed by atoms with Gasteiger partial charge in [0.25, 0.3) is 0 Å². The first kappa shape index (κ1) is 55.8. The fraction of sp³-hybridized carbons (Fsp3) is 0.482. The van der Waals surface area contributed by atoms with Gasteiger partial charge in [0, 0.05) is 6.42 Å². The van der Waals surface area contributed by atoms with Crippen molar-refractivity contribution in [2.24, 2.45) is 0 Å². The molecule has 4 heteroatoms. The molecule has 60 heavy (non-hydrogen) atoms. The molecule has 0 aliphatic rings. The zero-order valence-corrected chi connectivity index (χ0v) is 37.9. The molecule has 332 valence electrons. The van der Waals surface area contributed by atoms with Crippen LogP contribution in [0.2, 0.25) is 0 Å². The van der Waals surface area contributed by atoms with E-state index in [2.05, 4.69) is 170 Å². The molecule has 0 bridgehead atoms. The maximum atomic E-state index is 12.3. The summed E-state index contributed by atoms with van der Waals surface area (Å²) >= 11 is 0. The van der Waals surface area contributed by atoms with E-state index in [0.717, 1.165) is 128 Å². The molecule has 4 nitrogen and oxygen atoms in total. The Morgan fingerprint density at radius 3 is 1.17 bits per heavy atom. The highest BCUT2D eigenvalue weighted by Gasteiger charge is 2.17. The van der Waals surface area contributed by atoms with Crippen LogP contribution in [0.4, 0.5) is 0 Å². The molecule has 3 N–H and O–H groups in total. The lowest BCUT2D eigenvalue weighted by atomic mass is 10.1. The monoisotopic (exact) mass is 820 g/mol. The first-order valence-electron chi connectivity index (χ1n) is 23.3. The topological polar surface area (TPSA) is 69.6 Å². The van der Waals surface area contributed by atoms with Crippen LogP contribution in [-0.2, 0) is 4.79 Å². The summed E-state index contributed by atoms with van der Waals surface area (Å²) in [6.07, 6.45) is 82.1. The Morgan fingerprint density at radius 2 is 0.767 bits per heavy atom. The molecule has 0 aromatic heterocycles. The molecule has 2 unspecified atom stereocenters. The van der Waals surface area contributed by atoms with Crippen molar-refractivity contribution in [3.63, 3.8) is 0 Å². The standard InChI is InChI=1S/C56H85NO3/c1-3-5-7-9-11-13-14-15-16-17-18-19-20-21-22-23-24-25-26-27-28-29-30-31-32-33-34-35-36-37-38-39-40-41-42-44-46-48-50-52-56(60)57-54(53-58)55(59)51-49-47-45-43-12-10-8-6-4-2/h4-7,11-13,15-16,18-19,21-22,24-25,27-28,30-31,33-34,36-37,39-40,43,49,51,54-55,58-59H,3,8-10,14,17,20,23,26,29,32,35,38,41-42,44-48,50,52-53H2,1-2H3,(H,57,60)/b6-4+,7-5-,13-11-,16-15-,19-18-,22-21-,25-24-,28-27-,31-30-,34-33-,37-36-,40-39-,43-12+,51-49+. The zero-order valence-electron chi connectivity index (χ0n) is 37.9. The van der Waals surface area contributed by atoms with E-state index in [-0.39, 0.29) is 12.5 Å². The van der Waals surface area contributed by atoms with Crippen LogP contribution in [0.15, 0.2) is 170 Å². The number of allylic oxidation sites excluding steroid dienone is 27. The first-order chi connectivity index (χ1) is 29.7. The quantitative estimate of drug-likeness (QED) is 0.0427. The van der Waals surface area contributed by atoms with Crippen LogP contribution in [0.5, 0.6) is 0 Å². The number of aliphatic hydroxyl groups is 2. The van der Waals surface area contributed by atoms with Gasteiger partial charge in [-0.25, -0.2) is 0 Å². The average Bonchev–Trinajstić information content (AvgIpc) is 3.25. The number of unbranched alkanes of at least 4 members (excludes halogenated alkanes) is 7. The van der Waals surface area contributed by atoms with Crippen molar-refractivity contribution in [2.45, 2.75) is 167 Å². The van der Waals surface area contributed by atoms with Gasteiger partial charge in [0.05, 0.1) is 18.8 Å². The molecule has 0 aliphatic heterocycles. The Kier molecular flexibility index (Phi) is 45.6. The maximum absolute atomic E-state index is 12.3. The van der Waals surface area contributed by atoms with Crippen molar-refractivity contribution in [2.75, 3.05) is 6.61 Å². The van der Waals surface area contributed by atoms with Crippen LogP contribution in [0.25, 0.3) is 0 Å². The first-order valence-corrected chi connectivity index (χ1v) is 23.3. The fourth-order valence-corrected chi connectivity index (χ4v) is 5.75. The molecule has 0 aliphatic carbocycles. The minimum absolute atomic E-state index is 0.110. The van der Waals surface area contributed by atoms with Crippen molar-refractivity contribution in [3.8, 4) is 0 Å². The van der Waals surface area contributed by atoms with Crippen LogP contribution in [0.1, 0.15) is 155 Å². The van der Waals surface area contributed by atoms with E-state index >= 15 is 0 Å². The second kappa shape index (κ2) is 49.1. The molecule has 0 rings (SSSR count). The number of nitrogens with one attached hydrogen (secondary N) is 1. The van der Waals surface area contributed by atoms with Crippen LogP contribution in [0.3, 0.4) is 0 Å². The van der Waals surface area contributed by atoms with Crippen LogP contribution in [-0.4, -0.2) is 34.9 Å². The summed E-state index contributed by atoms with van der Waals surface area (Å²) in [7, 11) is 0. The van der Waals surface area contributed by atoms with Gasteiger partial charge in [-0.05, 0) is 122 Å². The lowest BCUT2D eigenvalue weighted by molar-refractivity contribution is -0.123. The summed E-state index contributed by atoms with van der Waals surface area (Å²) in [5, 5.41) is 22.8. The lowest BCUT2D eigenvalue weighted by Crippen LogP contribution is -2.45. The molecule has 0 spiro atoms. The third-order valence-electron chi connectivity index (χ3n) is 9.26. The number of carbonyl (C=O) groups is 1. The Balaban J connectivity index is 3.73. The molecule has 1 amide bonds. The smallest absolute Gasteiger partial charge is 0.220 e. The highest BCUT2D eigenvalue weighted by atomic mass is 16.3. The van der Waals surface area contributed by atoms with E-state index in [1.54, 1.807) is 6.08 Å². The normalized spacial score (nSPS) is 14.5. The van der Waals surface area contributed by atoms with Crippen LogP contribution >= 0.6 is 0 Å². The molecule has 0 radical (unpaired) electrons. The third kappa shape index (κ3) is 44.8. The number of hydrogen-bond donors (Lipinski definition) is 3. The van der Waals surface area contributed by atoms with E-state index in [4.69, 9.17) is 0 Å². The predicted molar refractivity (Wildman–Crippen MR) is 266 cm³/mol. The fourth-order valence-electron chi connectivity index (χ4n) is 5.75. The van der Waals surface area contributed by atoms with Crippen molar-refractivity contribution >= 4 is 5.91 Å². The van der Waals surface area contributed by atoms with E-state index < -0.39 is 12.1 Å². The van der Waals surface area contributed by atoms with Crippen LogP contribution < -0.4 is 5.32 Å². The SMILES string of the molecule is C/C=C/CC/C=C/CC/C=C/C(O)C(CO)NC(=O)CCCCCCC/C=C\C/C=C\C/C=C\C/C=C\C/C=C\C/C=C\C/C=C\C/C=C\C/C=C\C/C=C\C/C=C\CC. The molecule has 0 heterocycles. The van der Waals surface area contributed by atoms with E-state index in [1.165, 1.54) is 6.42 Å². The Bertz CT molecular complexity index is 1390. The molecule has 0 saturated heterocycles. The van der Waals surface area contributed by atoms with E-state index in [9.17, 15) is 15.0 Å². The Morgan fingerprint density at radius 1 is 0.433 bits per heavy atom.